The molecule has 5 amide bonds. The summed E-state index contributed by atoms with van der Waals surface area (Å²) < 4.78 is 52.7. The number of carbonyl (C=O) groups is 5. The molecule has 5 N–H and O–H groups in total. The summed E-state index contributed by atoms with van der Waals surface area (Å²) in [6, 6.07) is 10.8. The van der Waals surface area contributed by atoms with E-state index < -0.39 is 29.7 Å². The maximum atomic E-state index is 13.5. The molecule has 7 rings (SSSR count). The molecule has 3 aliphatic rings. The number of nitrogens with one attached hydrogen (secondary N) is 3. The first-order valence-corrected chi connectivity index (χ1v) is 21.7. The van der Waals surface area contributed by atoms with Gasteiger partial charge in [-0.3, -0.25) is 29.3 Å². The molecule has 0 radical (unpaired) electrons. The molecule has 340 valence electrons. The number of nitrogen functional groups attached to an aromatic ring is 1. The molecule has 18 heteroatoms. The number of nitrogens with zero attached hydrogens (tertiary/aromatic N) is 4. The van der Waals surface area contributed by atoms with Gasteiger partial charge in [0.15, 0.2) is 11.5 Å². The third-order valence-electron chi connectivity index (χ3n) is 11.9. The fraction of sp³-hybridized carbons (Fsp3) is 0.457. The van der Waals surface area contributed by atoms with Crippen molar-refractivity contribution in [2.45, 2.75) is 115 Å². The minimum absolute atomic E-state index is 0.00102. The lowest BCUT2D eigenvalue weighted by atomic mass is 10.0. The number of nitrogens with two attached hydrogens (primary N) is 1. The molecule has 2 saturated heterocycles. The number of rotatable bonds is 17. The van der Waals surface area contributed by atoms with Crippen LogP contribution in [0.4, 0.5) is 30.4 Å². The highest BCUT2D eigenvalue weighted by Crippen LogP contribution is 2.38. The number of piperidine rings is 1. The van der Waals surface area contributed by atoms with E-state index in [1.165, 1.54) is 18.1 Å². The van der Waals surface area contributed by atoms with E-state index in [1.807, 2.05) is 4.90 Å². The highest BCUT2D eigenvalue weighted by atomic mass is 19.4. The highest BCUT2D eigenvalue weighted by molar-refractivity contribution is 6.06. The number of likely N-dealkylation sites (tertiary alicyclic amines) is 1. The summed E-state index contributed by atoms with van der Waals surface area (Å²) in [7, 11) is 1.52. The normalized spacial score (nSPS) is 17.9. The molecule has 4 aromatic rings. The smallest absolute Gasteiger partial charge is 0.416 e. The molecule has 0 spiro atoms. The molecular formula is C46H53F3N8O7. The third kappa shape index (κ3) is 10.8. The Hall–Kier alpha value is -6.46. The van der Waals surface area contributed by atoms with Crippen LogP contribution in [0.3, 0.4) is 0 Å². The maximum absolute atomic E-state index is 13.5. The Morgan fingerprint density at radius 2 is 1.70 bits per heavy atom. The van der Waals surface area contributed by atoms with Gasteiger partial charge in [0.05, 0.1) is 30.8 Å². The Morgan fingerprint density at radius 3 is 2.44 bits per heavy atom. The van der Waals surface area contributed by atoms with E-state index in [1.54, 1.807) is 44.2 Å². The lowest BCUT2D eigenvalue weighted by Gasteiger charge is -2.29. The largest absolute Gasteiger partial charge is 0.493 e. The number of hydrogen-bond donors (Lipinski definition) is 4. The van der Waals surface area contributed by atoms with Gasteiger partial charge in [0, 0.05) is 67.2 Å². The highest BCUT2D eigenvalue weighted by Gasteiger charge is 2.39. The summed E-state index contributed by atoms with van der Waals surface area (Å²) in [4.78, 5) is 75.2. The molecule has 0 bridgehead atoms. The number of aryl methyl sites for hydroxylation is 1. The number of halogens is 3. The molecule has 1 aromatic heterocycles. The van der Waals surface area contributed by atoms with Crippen molar-refractivity contribution >= 4 is 57.6 Å². The van der Waals surface area contributed by atoms with Gasteiger partial charge in [0.2, 0.25) is 23.6 Å². The number of fused-ring (bicyclic) bond motifs is 2. The van der Waals surface area contributed by atoms with Crippen LogP contribution in [-0.4, -0.2) is 81.6 Å². The molecule has 1 unspecified atom stereocenters. The van der Waals surface area contributed by atoms with E-state index in [0.29, 0.717) is 89.6 Å². The summed E-state index contributed by atoms with van der Waals surface area (Å²) in [6.45, 7) is 4.68. The average molecular weight is 887 g/mol. The van der Waals surface area contributed by atoms with Crippen molar-refractivity contribution in [3.63, 3.8) is 0 Å². The lowest BCUT2D eigenvalue weighted by Crippen LogP contribution is -2.52. The summed E-state index contributed by atoms with van der Waals surface area (Å²) >= 11 is 0. The second kappa shape index (κ2) is 19.5. The number of ether oxygens (including phenoxy) is 2. The van der Waals surface area contributed by atoms with Crippen LogP contribution in [0.15, 0.2) is 48.5 Å². The molecule has 4 heterocycles. The van der Waals surface area contributed by atoms with Gasteiger partial charge >= 0.3 is 6.18 Å². The van der Waals surface area contributed by atoms with Gasteiger partial charge in [-0.15, -0.1) is 0 Å². The van der Waals surface area contributed by atoms with Crippen molar-refractivity contribution in [2.24, 2.45) is 0 Å². The molecular weight excluding hydrogens is 834 g/mol. The van der Waals surface area contributed by atoms with Gasteiger partial charge in [0.1, 0.15) is 23.8 Å². The standard InChI is InChI=1S/C46H53F3N8O7/c1-26(29-18-30(46(47,48)49)20-31(50)19-29)51-43-35-22-39(38(63-3)23-36(35)52-27(2)53-43)64-33-16-17-56(25-33)42(60)11-9-7-5-4-6-8-10-40(58)54-32-13-12-28-24-57(45(62)34(28)21-32)37-14-15-41(59)55-44(37)61/h12-13,18-23,26,33,37H,4-11,14-17,24-25,50H2,1-3H3,(H,54,58)(H,51,52,53)(H,55,59,61)/t26-,33+,37?/m1/s1. The predicted molar refractivity (Wildman–Crippen MR) is 232 cm³/mol. The van der Waals surface area contributed by atoms with Gasteiger partial charge < -0.3 is 35.6 Å². The Labute approximate surface area is 368 Å². The first-order valence-electron chi connectivity index (χ1n) is 21.7. The van der Waals surface area contributed by atoms with Gasteiger partial charge in [-0.05, 0) is 80.6 Å². The number of methoxy groups -OCH3 is 1. The van der Waals surface area contributed by atoms with Crippen LogP contribution in [-0.2, 0) is 31.9 Å². The van der Waals surface area contributed by atoms with Crippen LogP contribution in [0.1, 0.15) is 116 Å². The zero-order chi connectivity index (χ0) is 45.7. The quantitative estimate of drug-likeness (QED) is 0.0475. The number of alkyl halides is 3. The van der Waals surface area contributed by atoms with Crippen molar-refractivity contribution in [2.75, 3.05) is 36.6 Å². The van der Waals surface area contributed by atoms with E-state index in [9.17, 15) is 37.1 Å². The van der Waals surface area contributed by atoms with Gasteiger partial charge in [-0.1, -0.05) is 31.7 Å². The topological polar surface area (TPSA) is 198 Å². The van der Waals surface area contributed by atoms with E-state index in [0.717, 1.165) is 49.8 Å². The molecule has 3 aromatic carbocycles. The molecule has 0 aliphatic carbocycles. The maximum Gasteiger partial charge on any atom is 0.416 e. The van der Waals surface area contributed by atoms with E-state index in [2.05, 4.69) is 25.9 Å². The van der Waals surface area contributed by atoms with E-state index in [-0.39, 0.29) is 54.8 Å². The summed E-state index contributed by atoms with van der Waals surface area (Å²) in [5, 5.41) is 8.99. The number of anilines is 3. The van der Waals surface area contributed by atoms with Crippen molar-refractivity contribution < 1.29 is 46.6 Å². The number of unbranched alkanes of at least 4 members (excludes halogenated alkanes) is 5. The van der Waals surface area contributed by atoms with Crippen LogP contribution in [0.5, 0.6) is 11.5 Å². The predicted octanol–water partition coefficient (Wildman–Crippen LogP) is 7.22. The Balaban J connectivity index is 0.823. The van der Waals surface area contributed by atoms with Crippen LogP contribution < -0.4 is 31.2 Å². The Kier molecular flexibility index (Phi) is 13.9. The average Bonchev–Trinajstić information content (AvgIpc) is 3.85. The zero-order valence-corrected chi connectivity index (χ0v) is 36.1. The van der Waals surface area contributed by atoms with Crippen molar-refractivity contribution in [3.8, 4) is 11.5 Å². The molecule has 3 aliphatic heterocycles. The third-order valence-corrected chi connectivity index (χ3v) is 11.9. The molecule has 64 heavy (non-hydrogen) atoms. The summed E-state index contributed by atoms with van der Waals surface area (Å²) in [5.74, 6) is 0.535. The number of amides is 5. The van der Waals surface area contributed by atoms with E-state index >= 15 is 0 Å². The van der Waals surface area contributed by atoms with Crippen LogP contribution in [0.2, 0.25) is 0 Å². The fourth-order valence-electron chi connectivity index (χ4n) is 8.51. The first-order chi connectivity index (χ1) is 30.6. The molecule has 3 atom stereocenters. The zero-order valence-electron chi connectivity index (χ0n) is 36.1. The van der Waals surface area contributed by atoms with Crippen molar-refractivity contribution in [1.29, 1.82) is 0 Å². The molecule has 2 fully saturated rings. The number of imide groups is 1. The minimum atomic E-state index is -4.55. The van der Waals surface area contributed by atoms with Gasteiger partial charge in [-0.2, -0.15) is 13.2 Å². The summed E-state index contributed by atoms with van der Waals surface area (Å²) in [5.41, 5.74) is 7.61. The number of aromatic nitrogens is 2. The Morgan fingerprint density at radius 1 is 0.953 bits per heavy atom. The summed E-state index contributed by atoms with van der Waals surface area (Å²) in [6.07, 6.45) is 2.07. The van der Waals surface area contributed by atoms with Crippen LogP contribution in [0, 0.1) is 6.92 Å². The van der Waals surface area contributed by atoms with Gasteiger partial charge in [0.25, 0.3) is 5.91 Å². The number of benzene rings is 3. The minimum Gasteiger partial charge on any atom is -0.493 e. The lowest BCUT2D eigenvalue weighted by molar-refractivity contribution is -0.138. The second-order valence-corrected chi connectivity index (χ2v) is 16.7. The Bertz CT molecular complexity index is 2450. The van der Waals surface area contributed by atoms with E-state index in [4.69, 9.17) is 15.2 Å². The molecule has 15 nitrogen and oxygen atoms in total. The monoisotopic (exact) mass is 886 g/mol. The van der Waals surface area contributed by atoms with Crippen LogP contribution >= 0.6 is 0 Å². The number of hydrogen-bond acceptors (Lipinski definition) is 11. The molecule has 0 saturated carbocycles. The van der Waals surface area contributed by atoms with Crippen molar-refractivity contribution in [3.05, 3.63) is 76.6 Å². The van der Waals surface area contributed by atoms with Crippen molar-refractivity contribution in [1.82, 2.24) is 25.1 Å². The first kappa shape index (κ1) is 45.6. The fourth-order valence-corrected chi connectivity index (χ4v) is 8.51. The number of carbonyl (C=O) groups excluding carboxylic acids is 5. The van der Waals surface area contributed by atoms with Gasteiger partial charge in [-0.25, -0.2) is 9.97 Å². The van der Waals surface area contributed by atoms with Crippen LogP contribution in [0.25, 0.3) is 10.9 Å². The SMILES string of the molecule is COc1cc2nc(C)nc(N[C@H](C)c3cc(N)cc(C(F)(F)F)c3)c2cc1O[C@H]1CCN(C(=O)CCCCCCCCC(=O)Nc2ccc3c(c2)C(=O)N(C2CCC(=O)NC2=O)C3)C1. The second-order valence-electron chi connectivity index (χ2n) is 16.7.